The van der Waals surface area contributed by atoms with Crippen LogP contribution in [-0.4, -0.2) is 51.3 Å². The van der Waals surface area contributed by atoms with Crippen LogP contribution in [0, 0.1) is 5.82 Å². The van der Waals surface area contributed by atoms with Gasteiger partial charge in [0.25, 0.3) is 5.89 Å². The molecule has 4 aromatic rings. The quantitative estimate of drug-likeness (QED) is 0.398. The summed E-state index contributed by atoms with van der Waals surface area (Å²) >= 11 is 2.98. The molecule has 1 atom stereocenters. The van der Waals surface area contributed by atoms with Crippen LogP contribution in [0.5, 0.6) is 0 Å². The Labute approximate surface area is 186 Å². The van der Waals surface area contributed by atoms with E-state index in [4.69, 9.17) is 9.15 Å². The second kappa shape index (κ2) is 8.77. The van der Waals surface area contributed by atoms with Crippen molar-refractivity contribution in [2.75, 3.05) is 31.2 Å². The lowest BCUT2D eigenvalue weighted by atomic mass is 10.3. The maximum Gasteiger partial charge on any atom is 0.257 e. The molecular formula is C20H19FN6O2S2. The first-order chi connectivity index (χ1) is 15.2. The van der Waals surface area contributed by atoms with Gasteiger partial charge in [0, 0.05) is 13.1 Å². The summed E-state index contributed by atoms with van der Waals surface area (Å²) in [5.41, 5.74) is 0.658. The van der Waals surface area contributed by atoms with E-state index in [9.17, 15) is 4.39 Å². The molecule has 1 aromatic carbocycles. The number of halogens is 1. The Bertz CT molecular complexity index is 1160. The minimum atomic E-state index is -0.319. The molecule has 4 heterocycles. The van der Waals surface area contributed by atoms with Gasteiger partial charge in [-0.3, -0.25) is 4.57 Å². The predicted molar refractivity (Wildman–Crippen MR) is 116 cm³/mol. The summed E-state index contributed by atoms with van der Waals surface area (Å²) in [7, 11) is 0. The van der Waals surface area contributed by atoms with Crippen molar-refractivity contribution in [2.45, 2.75) is 17.3 Å². The van der Waals surface area contributed by atoms with E-state index in [1.165, 1.54) is 23.9 Å². The van der Waals surface area contributed by atoms with Gasteiger partial charge in [0.05, 0.1) is 29.0 Å². The number of benzene rings is 1. The largest absolute Gasteiger partial charge is 0.419 e. The van der Waals surface area contributed by atoms with Gasteiger partial charge in [-0.1, -0.05) is 23.9 Å². The molecular weight excluding hydrogens is 439 g/mol. The minimum absolute atomic E-state index is 0.171. The second-order valence-electron chi connectivity index (χ2n) is 6.88. The predicted octanol–water partition coefficient (Wildman–Crippen LogP) is 4.21. The van der Waals surface area contributed by atoms with E-state index in [0.717, 1.165) is 4.88 Å². The first-order valence-corrected chi connectivity index (χ1v) is 11.5. The van der Waals surface area contributed by atoms with Crippen molar-refractivity contribution in [1.82, 2.24) is 25.0 Å². The van der Waals surface area contributed by atoms with Gasteiger partial charge < -0.3 is 14.1 Å². The molecule has 11 heteroatoms. The third-order valence-electron chi connectivity index (χ3n) is 4.78. The Morgan fingerprint density at radius 2 is 1.97 bits per heavy atom. The molecule has 160 valence electrons. The van der Waals surface area contributed by atoms with Gasteiger partial charge >= 0.3 is 0 Å². The van der Waals surface area contributed by atoms with Crippen LogP contribution < -0.4 is 4.90 Å². The van der Waals surface area contributed by atoms with Crippen LogP contribution in [0.3, 0.4) is 0 Å². The summed E-state index contributed by atoms with van der Waals surface area (Å²) in [6.07, 6.45) is 0. The number of nitrogens with zero attached hydrogens (tertiary/aromatic N) is 6. The monoisotopic (exact) mass is 458 g/mol. The first-order valence-electron chi connectivity index (χ1n) is 9.77. The van der Waals surface area contributed by atoms with Gasteiger partial charge in [0.1, 0.15) is 5.82 Å². The van der Waals surface area contributed by atoms with E-state index in [-0.39, 0.29) is 11.1 Å². The van der Waals surface area contributed by atoms with Gasteiger partial charge in [0.2, 0.25) is 11.8 Å². The van der Waals surface area contributed by atoms with E-state index in [1.807, 2.05) is 35.1 Å². The average Bonchev–Trinajstić information content (AvgIpc) is 3.54. The van der Waals surface area contributed by atoms with Crippen molar-refractivity contribution >= 4 is 29.0 Å². The van der Waals surface area contributed by atoms with E-state index in [1.54, 1.807) is 17.4 Å². The highest BCUT2D eigenvalue weighted by molar-refractivity contribution is 7.99. The average molecular weight is 459 g/mol. The van der Waals surface area contributed by atoms with Crippen LogP contribution in [0.25, 0.3) is 16.5 Å². The van der Waals surface area contributed by atoms with E-state index in [2.05, 4.69) is 25.3 Å². The van der Waals surface area contributed by atoms with Crippen LogP contribution in [0.4, 0.5) is 10.3 Å². The highest BCUT2D eigenvalue weighted by Crippen LogP contribution is 2.37. The lowest BCUT2D eigenvalue weighted by Gasteiger charge is -2.28. The molecule has 0 aliphatic carbocycles. The molecule has 3 aromatic heterocycles. The summed E-state index contributed by atoms with van der Waals surface area (Å²) < 4.78 is 27.2. The number of ether oxygens (including phenoxy) is 1. The first kappa shape index (κ1) is 20.2. The Balaban J connectivity index is 1.46. The van der Waals surface area contributed by atoms with Crippen LogP contribution in [0.2, 0.25) is 0 Å². The van der Waals surface area contributed by atoms with Crippen LogP contribution in [0.15, 0.2) is 51.4 Å². The smallest absolute Gasteiger partial charge is 0.257 e. The van der Waals surface area contributed by atoms with E-state index >= 15 is 0 Å². The minimum Gasteiger partial charge on any atom is -0.419 e. The number of morpholine rings is 1. The zero-order valence-corrected chi connectivity index (χ0v) is 18.3. The third-order valence-corrected chi connectivity index (χ3v) is 6.67. The molecule has 0 saturated carbocycles. The number of thiophene rings is 1. The molecule has 1 aliphatic heterocycles. The summed E-state index contributed by atoms with van der Waals surface area (Å²) in [5, 5.41) is 19.6. The maximum atomic E-state index is 14.0. The molecule has 5 rings (SSSR count). The fraction of sp³-hybridized carbons (Fsp3) is 0.300. The van der Waals surface area contributed by atoms with E-state index < -0.39 is 0 Å². The third kappa shape index (κ3) is 4.21. The highest BCUT2D eigenvalue weighted by Gasteiger charge is 2.25. The van der Waals surface area contributed by atoms with Crippen molar-refractivity contribution in [3.8, 4) is 16.5 Å². The topological polar surface area (TPSA) is 82.1 Å². The standard InChI is InChI=1S/C20H19FN6O2S2/c1-13(17-22-23-18(29-17)16-6-3-11-30-16)31-20-25-24-19(26-7-9-28-10-8-26)27(20)15-5-2-4-14(21)12-15/h2-6,11-13H,7-10H2,1H3/t13-/m1/s1. The SMILES string of the molecule is C[C@@H](Sc1nnc(N2CCOCC2)n1-c1cccc(F)c1)c1nnc(-c2cccs2)o1. The Morgan fingerprint density at radius 3 is 2.74 bits per heavy atom. The molecule has 0 unspecified atom stereocenters. The van der Waals surface area contributed by atoms with Crippen molar-refractivity contribution in [3.05, 3.63) is 53.5 Å². The van der Waals surface area contributed by atoms with Crippen molar-refractivity contribution in [3.63, 3.8) is 0 Å². The molecule has 1 fully saturated rings. The lowest BCUT2D eigenvalue weighted by molar-refractivity contribution is 0.122. The molecule has 1 saturated heterocycles. The summed E-state index contributed by atoms with van der Waals surface area (Å²) in [5.74, 6) is 1.34. The van der Waals surface area contributed by atoms with Gasteiger partial charge in [-0.05, 0) is 36.6 Å². The zero-order chi connectivity index (χ0) is 21.2. The molecule has 0 radical (unpaired) electrons. The molecule has 0 bridgehead atoms. The Morgan fingerprint density at radius 1 is 1.10 bits per heavy atom. The van der Waals surface area contributed by atoms with Gasteiger partial charge in [-0.15, -0.1) is 31.7 Å². The van der Waals surface area contributed by atoms with Crippen LogP contribution in [-0.2, 0) is 4.74 Å². The highest BCUT2D eigenvalue weighted by atomic mass is 32.2. The fourth-order valence-electron chi connectivity index (χ4n) is 3.26. The van der Waals surface area contributed by atoms with Gasteiger partial charge in [-0.2, -0.15) is 0 Å². The summed E-state index contributed by atoms with van der Waals surface area (Å²) in [6.45, 7) is 4.59. The summed E-state index contributed by atoms with van der Waals surface area (Å²) in [4.78, 5) is 3.02. The number of aromatic nitrogens is 5. The normalized spacial score (nSPS) is 15.4. The number of hydrogen-bond donors (Lipinski definition) is 0. The van der Waals surface area contributed by atoms with E-state index in [0.29, 0.717) is 54.9 Å². The van der Waals surface area contributed by atoms with Crippen LogP contribution >= 0.6 is 23.1 Å². The molecule has 31 heavy (non-hydrogen) atoms. The zero-order valence-electron chi connectivity index (χ0n) is 16.6. The molecule has 0 N–H and O–H groups in total. The maximum absolute atomic E-state index is 14.0. The Kier molecular flexibility index (Phi) is 5.70. The lowest BCUT2D eigenvalue weighted by Crippen LogP contribution is -2.37. The van der Waals surface area contributed by atoms with Gasteiger partial charge in [-0.25, -0.2) is 4.39 Å². The fourth-order valence-corrected chi connectivity index (χ4v) is 4.79. The Hall–Kier alpha value is -2.76. The van der Waals surface area contributed by atoms with Crippen LogP contribution in [0.1, 0.15) is 18.1 Å². The molecule has 1 aliphatic rings. The molecule has 0 spiro atoms. The van der Waals surface area contributed by atoms with Gasteiger partial charge in [0.15, 0.2) is 5.16 Å². The molecule has 8 nitrogen and oxygen atoms in total. The van der Waals surface area contributed by atoms with Crippen molar-refractivity contribution in [1.29, 1.82) is 0 Å². The number of rotatable bonds is 6. The number of hydrogen-bond acceptors (Lipinski definition) is 9. The number of anilines is 1. The second-order valence-corrected chi connectivity index (χ2v) is 9.14. The number of thioether (sulfide) groups is 1. The van der Waals surface area contributed by atoms with Crippen molar-refractivity contribution in [2.24, 2.45) is 0 Å². The summed E-state index contributed by atoms with van der Waals surface area (Å²) in [6, 6.07) is 10.3. The van der Waals surface area contributed by atoms with Crippen molar-refractivity contribution < 1.29 is 13.5 Å². The molecule has 0 amide bonds.